The second kappa shape index (κ2) is 4.86. The number of benzene rings is 1. The van der Waals surface area contributed by atoms with Crippen LogP contribution in [-0.4, -0.2) is 17.8 Å². The van der Waals surface area contributed by atoms with E-state index in [9.17, 15) is 0 Å². The highest BCUT2D eigenvalue weighted by Gasteiger charge is 2.03. The molecule has 16 heavy (non-hydrogen) atoms. The van der Waals surface area contributed by atoms with Crippen LogP contribution in [0.15, 0.2) is 35.4 Å². The van der Waals surface area contributed by atoms with Crippen molar-refractivity contribution >= 4 is 22.7 Å². The maximum atomic E-state index is 8.58. The van der Waals surface area contributed by atoms with Crippen LogP contribution in [0.4, 0.5) is 0 Å². The summed E-state index contributed by atoms with van der Waals surface area (Å²) >= 11 is 1.52. The first-order valence-electron chi connectivity index (χ1n) is 4.77. The van der Waals surface area contributed by atoms with Crippen molar-refractivity contribution in [2.45, 2.75) is 4.90 Å². The zero-order chi connectivity index (χ0) is 11.4. The molecule has 3 nitrogen and oxygen atoms in total. The minimum atomic E-state index is 0.450. The summed E-state index contributed by atoms with van der Waals surface area (Å²) in [5.74, 6) is 1.24. The molecule has 0 fully saturated rings. The van der Waals surface area contributed by atoms with Crippen LogP contribution >= 0.6 is 11.8 Å². The summed E-state index contributed by atoms with van der Waals surface area (Å²) < 4.78 is 5.14. The topological polar surface area (TPSA) is 45.9 Å². The van der Waals surface area contributed by atoms with E-state index in [1.807, 2.05) is 24.3 Å². The first-order chi connectivity index (χ1) is 7.85. The summed E-state index contributed by atoms with van der Waals surface area (Å²) in [4.78, 5) is 5.36. The Labute approximate surface area is 98.1 Å². The van der Waals surface area contributed by atoms with E-state index in [1.54, 1.807) is 13.3 Å². The van der Waals surface area contributed by atoms with Crippen LogP contribution in [0.2, 0.25) is 0 Å². The molecule has 1 heterocycles. The van der Waals surface area contributed by atoms with Gasteiger partial charge in [-0.15, -0.1) is 11.8 Å². The number of fused-ring (bicyclic) bond motifs is 1. The average molecular weight is 230 g/mol. The van der Waals surface area contributed by atoms with Gasteiger partial charge >= 0.3 is 0 Å². The third kappa shape index (κ3) is 2.10. The SMILES string of the molecule is COc1ccc2c(SCC#N)ccnc2c1. The Balaban J connectivity index is 2.48. The molecule has 4 heteroatoms. The third-order valence-electron chi connectivity index (χ3n) is 2.20. The third-order valence-corrected chi connectivity index (χ3v) is 3.14. The lowest BCUT2D eigenvalue weighted by atomic mass is 10.2. The minimum absolute atomic E-state index is 0.450. The van der Waals surface area contributed by atoms with Gasteiger partial charge in [0.05, 0.1) is 24.4 Å². The van der Waals surface area contributed by atoms with Gasteiger partial charge in [0.1, 0.15) is 5.75 Å². The molecule has 0 aliphatic carbocycles. The second-order valence-corrected chi connectivity index (χ2v) is 4.16. The van der Waals surface area contributed by atoms with Gasteiger partial charge in [-0.2, -0.15) is 5.26 Å². The molecule has 2 rings (SSSR count). The normalized spacial score (nSPS) is 10.0. The fourth-order valence-corrected chi connectivity index (χ4v) is 2.17. The standard InChI is InChI=1S/C12H10N2OS/c1-15-9-2-3-10-11(8-9)14-6-4-12(10)16-7-5-13/h2-4,6,8H,7H2,1H3. The molecule has 0 aliphatic heterocycles. The molecule has 0 amide bonds. The highest BCUT2D eigenvalue weighted by molar-refractivity contribution is 7.99. The van der Waals surface area contributed by atoms with Crippen LogP contribution in [-0.2, 0) is 0 Å². The van der Waals surface area contributed by atoms with Gasteiger partial charge in [0.2, 0.25) is 0 Å². The van der Waals surface area contributed by atoms with E-state index in [-0.39, 0.29) is 0 Å². The minimum Gasteiger partial charge on any atom is -0.497 e. The number of pyridine rings is 1. The number of hydrogen-bond acceptors (Lipinski definition) is 4. The van der Waals surface area contributed by atoms with E-state index < -0.39 is 0 Å². The second-order valence-electron chi connectivity index (χ2n) is 3.14. The first kappa shape index (κ1) is 10.8. The number of methoxy groups -OCH3 is 1. The lowest BCUT2D eigenvalue weighted by molar-refractivity contribution is 0.415. The Morgan fingerprint density at radius 1 is 1.44 bits per heavy atom. The van der Waals surface area contributed by atoms with Crippen molar-refractivity contribution in [2.75, 3.05) is 12.9 Å². The van der Waals surface area contributed by atoms with Gasteiger partial charge < -0.3 is 4.74 Å². The van der Waals surface area contributed by atoms with Gasteiger partial charge in [0.15, 0.2) is 0 Å². The van der Waals surface area contributed by atoms with Crippen LogP contribution < -0.4 is 4.74 Å². The zero-order valence-corrected chi connectivity index (χ0v) is 9.62. The van der Waals surface area contributed by atoms with Gasteiger partial charge in [0, 0.05) is 22.5 Å². The fraction of sp³-hybridized carbons (Fsp3) is 0.167. The maximum Gasteiger partial charge on any atom is 0.121 e. The number of hydrogen-bond donors (Lipinski definition) is 0. The molecule has 80 valence electrons. The quantitative estimate of drug-likeness (QED) is 0.761. The predicted molar refractivity (Wildman–Crippen MR) is 64.6 cm³/mol. The van der Waals surface area contributed by atoms with E-state index >= 15 is 0 Å². The molecule has 0 N–H and O–H groups in total. The Morgan fingerprint density at radius 3 is 3.06 bits per heavy atom. The molecule has 0 saturated heterocycles. The summed E-state index contributed by atoms with van der Waals surface area (Å²) in [6, 6.07) is 9.82. The highest BCUT2D eigenvalue weighted by atomic mass is 32.2. The Kier molecular flexibility index (Phi) is 3.28. The molecular formula is C12H10N2OS. The Bertz CT molecular complexity index is 548. The molecule has 0 bridgehead atoms. The average Bonchev–Trinajstić information content (AvgIpc) is 2.35. The van der Waals surface area contributed by atoms with Gasteiger partial charge in [-0.05, 0) is 18.2 Å². The van der Waals surface area contributed by atoms with Crippen LogP contribution in [0.1, 0.15) is 0 Å². The molecule has 2 aromatic rings. The highest BCUT2D eigenvalue weighted by Crippen LogP contribution is 2.28. The van der Waals surface area contributed by atoms with Gasteiger partial charge in [-0.1, -0.05) is 0 Å². The molecular weight excluding hydrogens is 220 g/mol. The Hall–Kier alpha value is -1.73. The lowest BCUT2D eigenvalue weighted by Crippen LogP contribution is -1.86. The van der Waals surface area contributed by atoms with Crippen molar-refractivity contribution < 1.29 is 4.74 Å². The largest absolute Gasteiger partial charge is 0.497 e. The van der Waals surface area contributed by atoms with Crippen molar-refractivity contribution in [1.29, 1.82) is 5.26 Å². The number of aromatic nitrogens is 1. The predicted octanol–water partition coefficient (Wildman–Crippen LogP) is 2.86. The van der Waals surface area contributed by atoms with Crippen molar-refractivity contribution in [1.82, 2.24) is 4.98 Å². The summed E-state index contributed by atoms with van der Waals surface area (Å²) in [5, 5.41) is 9.63. The summed E-state index contributed by atoms with van der Waals surface area (Å²) in [6.45, 7) is 0. The summed E-state index contributed by atoms with van der Waals surface area (Å²) in [5.41, 5.74) is 0.891. The van der Waals surface area contributed by atoms with Crippen molar-refractivity contribution in [3.63, 3.8) is 0 Å². The van der Waals surface area contributed by atoms with Crippen molar-refractivity contribution in [2.24, 2.45) is 0 Å². The number of nitrogens with zero attached hydrogens (tertiary/aromatic N) is 2. The first-order valence-corrected chi connectivity index (χ1v) is 5.76. The number of thioether (sulfide) groups is 1. The molecule has 1 aromatic heterocycles. The Morgan fingerprint density at radius 2 is 2.31 bits per heavy atom. The van der Waals surface area contributed by atoms with Crippen LogP contribution in [0.5, 0.6) is 5.75 Å². The fourth-order valence-electron chi connectivity index (χ4n) is 1.46. The number of rotatable bonds is 3. The van der Waals surface area contributed by atoms with E-state index in [2.05, 4.69) is 11.1 Å². The molecule has 1 aromatic carbocycles. The summed E-state index contributed by atoms with van der Waals surface area (Å²) in [6.07, 6.45) is 1.75. The maximum absolute atomic E-state index is 8.58. The van der Waals surface area contributed by atoms with Crippen LogP contribution in [0, 0.1) is 11.3 Å². The monoisotopic (exact) mass is 230 g/mol. The van der Waals surface area contributed by atoms with Gasteiger partial charge in [0.25, 0.3) is 0 Å². The summed E-state index contributed by atoms with van der Waals surface area (Å²) in [7, 11) is 1.63. The van der Waals surface area contributed by atoms with Crippen molar-refractivity contribution in [3.8, 4) is 11.8 Å². The molecule has 0 aliphatic rings. The van der Waals surface area contributed by atoms with Crippen molar-refractivity contribution in [3.05, 3.63) is 30.5 Å². The number of nitriles is 1. The molecule has 0 atom stereocenters. The molecule has 0 spiro atoms. The lowest BCUT2D eigenvalue weighted by Gasteiger charge is -2.05. The van der Waals surface area contributed by atoms with E-state index in [1.165, 1.54) is 11.8 Å². The van der Waals surface area contributed by atoms with Crippen LogP contribution in [0.3, 0.4) is 0 Å². The van der Waals surface area contributed by atoms with E-state index in [4.69, 9.17) is 10.00 Å². The smallest absolute Gasteiger partial charge is 0.121 e. The molecule has 0 radical (unpaired) electrons. The van der Waals surface area contributed by atoms with E-state index in [0.717, 1.165) is 21.5 Å². The number of ether oxygens (including phenoxy) is 1. The van der Waals surface area contributed by atoms with Gasteiger partial charge in [-0.25, -0.2) is 0 Å². The molecule has 0 saturated carbocycles. The van der Waals surface area contributed by atoms with Gasteiger partial charge in [-0.3, -0.25) is 4.98 Å². The van der Waals surface area contributed by atoms with E-state index in [0.29, 0.717) is 5.75 Å². The zero-order valence-electron chi connectivity index (χ0n) is 8.80. The van der Waals surface area contributed by atoms with Crippen LogP contribution in [0.25, 0.3) is 10.9 Å². The molecule has 0 unspecified atom stereocenters.